The van der Waals surface area contributed by atoms with E-state index in [0.717, 1.165) is 13.1 Å². The van der Waals surface area contributed by atoms with Crippen molar-refractivity contribution in [2.75, 3.05) is 33.2 Å². The summed E-state index contributed by atoms with van der Waals surface area (Å²) in [6.07, 6.45) is 0.524. The van der Waals surface area contributed by atoms with Crippen molar-refractivity contribution in [2.24, 2.45) is 0 Å². The van der Waals surface area contributed by atoms with E-state index < -0.39 is 0 Å². The quantitative estimate of drug-likeness (QED) is 0.720. The number of hydrogen-bond donors (Lipinski definition) is 2. The Morgan fingerprint density at radius 1 is 1.14 bits per heavy atom. The number of nitrogens with zero attached hydrogens (tertiary/aromatic N) is 1. The lowest BCUT2D eigenvalue weighted by Crippen LogP contribution is -2.38. The molecule has 0 aromatic heterocycles. The van der Waals surface area contributed by atoms with Gasteiger partial charge in [-0.2, -0.15) is 0 Å². The third-order valence-electron chi connectivity index (χ3n) is 3.53. The molecule has 0 aliphatic rings. The molecule has 0 aliphatic heterocycles. The minimum absolute atomic E-state index is 0. The highest BCUT2D eigenvalue weighted by atomic mass is 35.5. The van der Waals surface area contributed by atoms with Gasteiger partial charge in [-0.25, -0.2) is 0 Å². The van der Waals surface area contributed by atoms with Crippen molar-refractivity contribution in [1.29, 1.82) is 0 Å². The number of rotatable bonds is 9. The predicted octanol–water partition coefficient (Wildman–Crippen LogP) is 2.64. The standard InChI is InChI=1S/C16H27N3O.2ClH/c1-4-19(5-2)15(14-9-7-6-8-10-14)13-18-16(20)11-12-17-3;;/h6-10,15,17H,4-5,11-13H2,1-3H3,(H,18,20);2*1H. The molecule has 0 aliphatic carbocycles. The summed E-state index contributed by atoms with van der Waals surface area (Å²) in [5, 5.41) is 6.04. The van der Waals surface area contributed by atoms with E-state index in [0.29, 0.717) is 19.5 Å². The topological polar surface area (TPSA) is 44.4 Å². The van der Waals surface area contributed by atoms with Gasteiger partial charge in [0.25, 0.3) is 0 Å². The molecule has 22 heavy (non-hydrogen) atoms. The van der Waals surface area contributed by atoms with E-state index in [1.165, 1.54) is 5.56 Å². The number of carbonyl (C=O) groups excluding carboxylic acids is 1. The van der Waals surface area contributed by atoms with Crippen LogP contribution < -0.4 is 10.6 Å². The lowest BCUT2D eigenvalue weighted by atomic mass is 10.1. The van der Waals surface area contributed by atoms with E-state index in [1.807, 2.05) is 13.1 Å². The average molecular weight is 350 g/mol. The molecule has 0 heterocycles. The summed E-state index contributed by atoms with van der Waals surface area (Å²) in [6, 6.07) is 10.6. The van der Waals surface area contributed by atoms with Crippen LogP contribution in [0.4, 0.5) is 0 Å². The lowest BCUT2D eigenvalue weighted by Gasteiger charge is -2.30. The Kier molecular flexibility index (Phi) is 14.7. The van der Waals surface area contributed by atoms with E-state index in [-0.39, 0.29) is 36.8 Å². The van der Waals surface area contributed by atoms with Gasteiger partial charge in [-0.15, -0.1) is 24.8 Å². The Bertz CT molecular complexity index is 386. The summed E-state index contributed by atoms with van der Waals surface area (Å²) in [6.45, 7) is 7.64. The number of likely N-dealkylation sites (N-methyl/N-ethyl adjacent to an activating group) is 1. The normalized spacial score (nSPS) is 11.3. The molecule has 0 fully saturated rings. The minimum atomic E-state index is 0. The first-order valence-electron chi connectivity index (χ1n) is 7.43. The summed E-state index contributed by atoms with van der Waals surface area (Å²) < 4.78 is 0. The molecule has 0 saturated carbocycles. The Morgan fingerprint density at radius 3 is 2.23 bits per heavy atom. The number of halogens is 2. The zero-order chi connectivity index (χ0) is 14.8. The van der Waals surface area contributed by atoms with Gasteiger partial charge in [0, 0.05) is 19.5 Å². The molecule has 1 unspecified atom stereocenters. The molecule has 0 radical (unpaired) electrons. The second-order valence-corrected chi connectivity index (χ2v) is 4.81. The first-order chi connectivity index (χ1) is 9.72. The van der Waals surface area contributed by atoms with Crippen LogP contribution in [0, 0.1) is 0 Å². The Morgan fingerprint density at radius 2 is 1.73 bits per heavy atom. The van der Waals surface area contributed by atoms with Gasteiger partial charge in [0.2, 0.25) is 5.91 Å². The molecular weight excluding hydrogens is 321 g/mol. The smallest absolute Gasteiger partial charge is 0.221 e. The van der Waals surface area contributed by atoms with Crippen LogP contribution in [-0.4, -0.2) is 44.0 Å². The van der Waals surface area contributed by atoms with Crippen LogP contribution in [0.15, 0.2) is 30.3 Å². The fourth-order valence-corrected chi connectivity index (χ4v) is 2.33. The van der Waals surface area contributed by atoms with Gasteiger partial charge in [0.05, 0.1) is 6.04 Å². The Hall–Kier alpha value is -0.810. The fourth-order valence-electron chi connectivity index (χ4n) is 2.33. The van der Waals surface area contributed by atoms with E-state index in [9.17, 15) is 4.79 Å². The lowest BCUT2D eigenvalue weighted by molar-refractivity contribution is -0.121. The maximum atomic E-state index is 11.8. The van der Waals surface area contributed by atoms with Crippen LogP contribution in [0.2, 0.25) is 0 Å². The van der Waals surface area contributed by atoms with Crippen molar-refractivity contribution in [3.05, 3.63) is 35.9 Å². The Labute approximate surface area is 146 Å². The van der Waals surface area contributed by atoms with Crippen LogP contribution in [0.25, 0.3) is 0 Å². The van der Waals surface area contributed by atoms with Crippen molar-refractivity contribution in [1.82, 2.24) is 15.5 Å². The van der Waals surface area contributed by atoms with Crippen LogP contribution in [0.1, 0.15) is 31.9 Å². The van der Waals surface area contributed by atoms with Gasteiger partial charge in [-0.1, -0.05) is 44.2 Å². The molecule has 6 heteroatoms. The van der Waals surface area contributed by atoms with Gasteiger partial charge in [0.15, 0.2) is 0 Å². The molecule has 0 saturated heterocycles. The van der Waals surface area contributed by atoms with Gasteiger partial charge in [0.1, 0.15) is 0 Å². The molecular formula is C16H29Cl2N3O. The SMILES string of the molecule is CCN(CC)C(CNC(=O)CCNC)c1ccccc1.Cl.Cl. The zero-order valence-electron chi connectivity index (χ0n) is 13.7. The molecule has 2 N–H and O–H groups in total. The number of benzene rings is 1. The van der Waals surface area contributed by atoms with Crippen LogP contribution in [-0.2, 0) is 4.79 Å². The highest BCUT2D eigenvalue weighted by Crippen LogP contribution is 2.19. The number of amides is 1. The number of carbonyl (C=O) groups is 1. The summed E-state index contributed by atoms with van der Waals surface area (Å²) in [4.78, 5) is 14.1. The average Bonchev–Trinajstić information content (AvgIpc) is 2.50. The van der Waals surface area contributed by atoms with Crippen LogP contribution in [0.5, 0.6) is 0 Å². The summed E-state index contributed by atoms with van der Waals surface area (Å²) in [7, 11) is 1.86. The zero-order valence-corrected chi connectivity index (χ0v) is 15.3. The summed E-state index contributed by atoms with van der Waals surface area (Å²) in [5.41, 5.74) is 1.25. The van der Waals surface area contributed by atoms with E-state index in [1.54, 1.807) is 0 Å². The maximum absolute atomic E-state index is 11.8. The first kappa shape index (κ1) is 23.5. The van der Waals surface area contributed by atoms with Crippen molar-refractivity contribution in [3.8, 4) is 0 Å². The van der Waals surface area contributed by atoms with Crippen LogP contribution >= 0.6 is 24.8 Å². The highest BCUT2D eigenvalue weighted by Gasteiger charge is 2.18. The van der Waals surface area contributed by atoms with Gasteiger partial charge < -0.3 is 10.6 Å². The molecule has 0 bridgehead atoms. The number of nitrogens with one attached hydrogen (secondary N) is 2. The molecule has 4 nitrogen and oxygen atoms in total. The van der Waals surface area contributed by atoms with E-state index in [2.05, 4.69) is 53.6 Å². The molecule has 0 spiro atoms. The minimum Gasteiger partial charge on any atom is -0.354 e. The van der Waals surface area contributed by atoms with E-state index in [4.69, 9.17) is 0 Å². The van der Waals surface area contributed by atoms with Gasteiger partial charge in [-0.05, 0) is 25.7 Å². The summed E-state index contributed by atoms with van der Waals surface area (Å²) >= 11 is 0. The highest BCUT2D eigenvalue weighted by molar-refractivity contribution is 5.85. The van der Waals surface area contributed by atoms with Crippen LogP contribution in [0.3, 0.4) is 0 Å². The van der Waals surface area contributed by atoms with E-state index >= 15 is 0 Å². The molecule has 1 aromatic rings. The van der Waals surface area contributed by atoms with Crippen molar-refractivity contribution in [2.45, 2.75) is 26.3 Å². The van der Waals surface area contributed by atoms with Crippen molar-refractivity contribution < 1.29 is 4.79 Å². The maximum Gasteiger partial charge on any atom is 0.221 e. The predicted molar refractivity (Wildman–Crippen MR) is 98.2 cm³/mol. The van der Waals surface area contributed by atoms with Gasteiger partial charge in [-0.3, -0.25) is 9.69 Å². The van der Waals surface area contributed by atoms with Crippen molar-refractivity contribution in [3.63, 3.8) is 0 Å². The third kappa shape index (κ3) is 7.99. The molecule has 1 rings (SSSR count). The second-order valence-electron chi connectivity index (χ2n) is 4.81. The first-order valence-corrected chi connectivity index (χ1v) is 7.43. The molecule has 1 aromatic carbocycles. The Balaban J connectivity index is 0. The molecule has 1 amide bonds. The molecule has 1 atom stereocenters. The largest absolute Gasteiger partial charge is 0.354 e. The second kappa shape index (κ2) is 13.8. The fraction of sp³-hybridized carbons (Fsp3) is 0.562. The van der Waals surface area contributed by atoms with Gasteiger partial charge >= 0.3 is 0 Å². The number of hydrogen-bond acceptors (Lipinski definition) is 3. The van der Waals surface area contributed by atoms with Crippen molar-refractivity contribution >= 4 is 30.7 Å². The molecule has 128 valence electrons. The summed E-state index contributed by atoms with van der Waals surface area (Å²) in [5.74, 6) is 0.104. The third-order valence-corrected chi connectivity index (χ3v) is 3.53. The monoisotopic (exact) mass is 349 g/mol.